The molecule has 0 aliphatic carbocycles. The Kier molecular flexibility index (Phi) is 6.75. The average Bonchev–Trinajstić information content (AvgIpc) is 2.58. The number of amides is 2. The first-order valence-corrected chi connectivity index (χ1v) is 7.97. The summed E-state index contributed by atoms with van der Waals surface area (Å²) in [5.74, 6) is -1.64. The molecule has 0 fully saturated rings. The van der Waals surface area contributed by atoms with Crippen LogP contribution in [0.3, 0.4) is 0 Å². The summed E-state index contributed by atoms with van der Waals surface area (Å²) in [5, 5.41) is 5.76. The Morgan fingerprint density at radius 3 is 1.67 bits per heavy atom. The van der Waals surface area contributed by atoms with Crippen molar-refractivity contribution in [2.45, 2.75) is 12.8 Å². The summed E-state index contributed by atoms with van der Waals surface area (Å²) < 4.78 is 12.8. The van der Waals surface area contributed by atoms with Crippen LogP contribution in [-0.4, -0.2) is 24.9 Å². The number of nitrogens with one attached hydrogen (secondary N) is 2. The number of benzene rings is 2. The molecule has 0 aromatic heterocycles. The lowest BCUT2D eigenvalue weighted by atomic mass is 10.1. The quantitative estimate of drug-likeness (QED) is 0.788. The molecule has 0 radical (unpaired) electrons. The zero-order valence-corrected chi connectivity index (χ0v) is 13.8. The van der Waals surface area contributed by atoms with Crippen LogP contribution in [0.5, 0.6) is 0 Å². The molecule has 2 amide bonds. The summed E-state index contributed by atoms with van der Waals surface area (Å²) in [7, 11) is 0. The molecule has 2 aromatic rings. The van der Waals surface area contributed by atoms with Gasteiger partial charge in [-0.15, -0.1) is 0 Å². The van der Waals surface area contributed by atoms with Gasteiger partial charge in [0.05, 0.1) is 0 Å². The number of rotatable bonds is 6. The van der Waals surface area contributed by atoms with Crippen LogP contribution in [0.1, 0.15) is 11.1 Å². The lowest BCUT2D eigenvalue weighted by Gasteiger charge is -2.07. The maximum absolute atomic E-state index is 12.8. The fourth-order valence-corrected chi connectivity index (χ4v) is 2.23. The van der Waals surface area contributed by atoms with Gasteiger partial charge in [0, 0.05) is 18.1 Å². The standard InChI is InChI=1S/C18H18ClFN2O2/c19-15-5-1-13(2-6-15)9-11-21-17(23)18(24)22-12-10-14-3-7-16(20)8-4-14/h1-8H,9-12H2,(H,21,23)(H,22,24). The Labute approximate surface area is 145 Å². The lowest BCUT2D eigenvalue weighted by Crippen LogP contribution is -2.41. The van der Waals surface area contributed by atoms with Crippen LogP contribution in [0, 0.1) is 5.82 Å². The van der Waals surface area contributed by atoms with Gasteiger partial charge in [0.25, 0.3) is 0 Å². The summed E-state index contributed by atoms with van der Waals surface area (Å²) >= 11 is 5.80. The highest BCUT2D eigenvalue weighted by atomic mass is 35.5. The first kappa shape index (κ1) is 17.9. The number of carbonyl (C=O) groups is 2. The third-order valence-corrected chi connectivity index (χ3v) is 3.68. The molecule has 4 nitrogen and oxygen atoms in total. The van der Waals surface area contributed by atoms with Gasteiger partial charge < -0.3 is 10.6 Å². The minimum absolute atomic E-state index is 0.303. The number of hydrogen-bond acceptors (Lipinski definition) is 2. The van der Waals surface area contributed by atoms with Crippen LogP contribution in [0.25, 0.3) is 0 Å². The van der Waals surface area contributed by atoms with E-state index < -0.39 is 11.8 Å². The Morgan fingerprint density at radius 2 is 1.21 bits per heavy atom. The van der Waals surface area contributed by atoms with Crippen molar-refractivity contribution in [1.82, 2.24) is 10.6 Å². The van der Waals surface area contributed by atoms with Crippen LogP contribution in [0.4, 0.5) is 4.39 Å². The number of halogens is 2. The van der Waals surface area contributed by atoms with Crippen LogP contribution >= 0.6 is 11.6 Å². The van der Waals surface area contributed by atoms with Gasteiger partial charge in [-0.2, -0.15) is 0 Å². The van der Waals surface area contributed by atoms with E-state index in [0.717, 1.165) is 11.1 Å². The van der Waals surface area contributed by atoms with Gasteiger partial charge in [0.2, 0.25) is 0 Å². The van der Waals surface area contributed by atoms with E-state index in [9.17, 15) is 14.0 Å². The fourth-order valence-electron chi connectivity index (χ4n) is 2.10. The second-order valence-corrected chi connectivity index (χ2v) is 5.70. The van der Waals surface area contributed by atoms with Crippen LogP contribution in [0.2, 0.25) is 5.02 Å². The van der Waals surface area contributed by atoms with Crippen LogP contribution in [-0.2, 0) is 22.4 Å². The molecule has 0 heterocycles. The molecule has 0 aliphatic heterocycles. The van der Waals surface area contributed by atoms with Crippen molar-refractivity contribution >= 4 is 23.4 Å². The summed E-state index contributed by atoms with van der Waals surface area (Å²) in [6, 6.07) is 13.3. The summed E-state index contributed by atoms with van der Waals surface area (Å²) in [4.78, 5) is 23.4. The zero-order valence-electron chi connectivity index (χ0n) is 13.0. The van der Waals surface area contributed by atoms with E-state index in [-0.39, 0.29) is 5.82 Å². The van der Waals surface area contributed by atoms with E-state index in [4.69, 9.17) is 11.6 Å². The molecule has 0 saturated heterocycles. The Morgan fingerprint density at radius 1 is 0.792 bits per heavy atom. The smallest absolute Gasteiger partial charge is 0.309 e. The molecular weight excluding hydrogens is 331 g/mol. The number of carbonyl (C=O) groups excluding carboxylic acids is 2. The molecule has 24 heavy (non-hydrogen) atoms. The van der Waals surface area contributed by atoms with E-state index in [1.807, 2.05) is 12.1 Å². The van der Waals surface area contributed by atoms with E-state index in [2.05, 4.69) is 10.6 Å². The van der Waals surface area contributed by atoms with Crippen LogP contribution < -0.4 is 10.6 Å². The van der Waals surface area contributed by atoms with Crippen LogP contribution in [0.15, 0.2) is 48.5 Å². The minimum Gasteiger partial charge on any atom is -0.348 e. The molecule has 6 heteroatoms. The zero-order chi connectivity index (χ0) is 17.4. The van der Waals surface area contributed by atoms with Crippen molar-refractivity contribution in [2.75, 3.05) is 13.1 Å². The predicted molar refractivity (Wildman–Crippen MR) is 91.3 cm³/mol. The van der Waals surface area contributed by atoms with Gasteiger partial charge >= 0.3 is 11.8 Å². The molecule has 0 aliphatic rings. The highest BCUT2D eigenvalue weighted by Crippen LogP contribution is 2.09. The van der Waals surface area contributed by atoms with Crippen molar-refractivity contribution in [2.24, 2.45) is 0 Å². The highest BCUT2D eigenvalue weighted by Gasteiger charge is 2.11. The van der Waals surface area contributed by atoms with Gasteiger partial charge in [-0.1, -0.05) is 35.9 Å². The van der Waals surface area contributed by atoms with Crippen molar-refractivity contribution in [3.63, 3.8) is 0 Å². The van der Waals surface area contributed by atoms with Crippen molar-refractivity contribution in [3.8, 4) is 0 Å². The summed E-state index contributed by atoms with van der Waals surface area (Å²) in [6.07, 6.45) is 1.15. The normalized spacial score (nSPS) is 10.2. The molecule has 0 atom stereocenters. The maximum Gasteiger partial charge on any atom is 0.309 e. The van der Waals surface area contributed by atoms with E-state index in [1.54, 1.807) is 24.3 Å². The third kappa shape index (κ3) is 6.01. The van der Waals surface area contributed by atoms with Gasteiger partial charge in [0.15, 0.2) is 0 Å². The van der Waals surface area contributed by atoms with E-state index >= 15 is 0 Å². The lowest BCUT2D eigenvalue weighted by molar-refractivity contribution is -0.139. The fraction of sp³-hybridized carbons (Fsp3) is 0.222. The largest absolute Gasteiger partial charge is 0.348 e. The predicted octanol–water partition coefficient (Wildman–Crippen LogP) is 2.50. The maximum atomic E-state index is 12.8. The second kappa shape index (κ2) is 9.03. The molecule has 126 valence electrons. The molecule has 0 saturated carbocycles. The number of hydrogen-bond donors (Lipinski definition) is 2. The Balaban J connectivity index is 1.65. The molecule has 0 spiro atoms. The molecule has 0 unspecified atom stereocenters. The average molecular weight is 349 g/mol. The molecule has 2 aromatic carbocycles. The minimum atomic E-state index is -0.673. The highest BCUT2D eigenvalue weighted by molar-refractivity contribution is 6.35. The third-order valence-electron chi connectivity index (χ3n) is 3.43. The first-order chi connectivity index (χ1) is 11.5. The summed E-state index contributed by atoms with van der Waals surface area (Å²) in [6.45, 7) is 0.681. The van der Waals surface area contributed by atoms with Gasteiger partial charge in [-0.05, 0) is 48.2 Å². The molecule has 2 rings (SSSR count). The van der Waals surface area contributed by atoms with Gasteiger partial charge in [-0.25, -0.2) is 4.39 Å². The summed E-state index contributed by atoms with van der Waals surface area (Å²) in [5.41, 5.74) is 1.91. The van der Waals surface area contributed by atoms with E-state index in [0.29, 0.717) is 31.0 Å². The monoisotopic (exact) mass is 348 g/mol. The van der Waals surface area contributed by atoms with Gasteiger partial charge in [-0.3, -0.25) is 9.59 Å². The van der Waals surface area contributed by atoms with Gasteiger partial charge in [0.1, 0.15) is 5.82 Å². The Bertz CT molecular complexity index is 626. The Hall–Kier alpha value is -2.40. The second-order valence-electron chi connectivity index (χ2n) is 5.26. The molecule has 2 N–H and O–H groups in total. The van der Waals surface area contributed by atoms with Crippen molar-refractivity contribution in [3.05, 3.63) is 70.5 Å². The molecular formula is C18H18ClFN2O2. The molecule has 0 bridgehead atoms. The van der Waals surface area contributed by atoms with E-state index in [1.165, 1.54) is 12.1 Å². The topological polar surface area (TPSA) is 58.2 Å². The van der Waals surface area contributed by atoms with Crippen molar-refractivity contribution in [1.29, 1.82) is 0 Å². The van der Waals surface area contributed by atoms with Crippen molar-refractivity contribution < 1.29 is 14.0 Å². The SMILES string of the molecule is O=C(NCCc1ccc(F)cc1)C(=O)NCCc1ccc(Cl)cc1. The first-order valence-electron chi connectivity index (χ1n) is 7.59.